The first kappa shape index (κ1) is 17.1. The lowest BCUT2D eigenvalue weighted by molar-refractivity contribution is 0.191. The minimum atomic E-state index is -0.0391. The van der Waals surface area contributed by atoms with E-state index >= 15 is 0 Å². The third-order valence-electron chi connectivity index (χ3n) is 4.54. The molecule has 132 valence electrons. The number of nitrogens with one attached hydrogen (secondary N) is 1. The molecule has 1 aromatic heterocycles. The normalized spacial score (nSPS) is 15.6. The number of rotatable bonds is 4. The maximum Gasteiger partial charge on any atom is 0.317 e. The number of carbonyl (C=O) groups is 1. The van der Waals surface area contributed by atoms with Crippen molar-refractivity contribution in [2.24, 2.45) is 0 Å². The van der Waals surface area contributed by atoms with E-state index in [1.807, 2.05) is 42.2 Å². The number of hydrogen-bond acceptors (Lipinski definition) is 4. The minimum Gasteiger partial charge on any atom is -0.495 e. The molecule has 0 radical (unpaired) electrons. The minimum absolute atomic E-state index is 0.0241. The zero-order chi connectivity index (χ0) is 17.6. The summed E-state index contributed by atoms with van der Waals surface area (Å²) in [4.78, 5) is 20.6. The van der Waals surface area contributed by atoms with Crippen molar-refractivity contribution in [3.05, 3.63) is 54.4 Å². The van der Waals surface area contributed by atoms with Gasteiger partial charge in [-0.1, -0.05) is 12.1 Å². The number of methoxy groups -OCH3 is 1. The van der Waals surface area contributed by atoms with Crippen LogP contribution in [-0.2, 0) is 0 Å². The molecule has 3 rings (SSSR count). The van der Waals surface area contributed by atoms with Crippen molar-refractivity contribution in [3.63, 3.8) is 0 Å². The van der Waals surface area contributed by atoms with E-state index in [1.165, 1.54) is 0 Å². The van der Waals surface area contributed by atoms with Crippen molar-refractivity contribution in [2.75, 3.05) is 38.2 Å². The number of anilines is 1. The van der Waals surface area contributed by atoms with Gasteiger partial charge in [-0.2, -0.15) is 0 Å². The van der Waals surface area contributed by atoms with Crippen molar-refractivity contribution in [2.45, 2.75) is 13.0 Å². The summed E-state index contributed by atoms with van der Waals surface area (Å²) in [5, 5.41) is 3.06. The third-order valence-corrected chi connectivity index (χ3v) is 4.54. The lowest BCUT2D eigenvalue weighted by Gasteiger charge is -2.37. The Hall–Kier alpha value is -2.76. The van der Waals surface area contributed by atoms with Gasteiger partial charge in [-0.3, -0.25) is 4.98 Å². The zero-order valence-corrected chi connectivity index (χ0v) is 14.7. The van der Waals surface area contributed by atoms with Gasteiger partial charge in [-0.05, 0) is 36.8 Å². The molecular weight excluding hydrogens is 316 g/mol. The first-order chi connectivity index (χ1) is 12.2. The molecule has 2 heterocycles. The maximum absolute atomic E-state index is 12.5. The Morgan fingerprint density at radius 3 is 2.48 bits per heavy atom. The Morgan fingerprint density at radius 2 is 1.80 bits per heavy atom. The molecule has 2 amide bonds. The van der Waals surface area contributed by atoms with Gasteiger partial charge in [-0.25, -0.2) is 4.79 Å². The van der Waals surface area contributed by atoms with Crippen molar-refractivity contribution in [3.8, 4) is 5.75 Å². The second-order valence-electron chi connectivity index (χ2n) is 6.10. The lowest BCUT2D eigenvalue weighted by atomic mass is 10.1. The van der Waals surface area contributed by atoms with Crippen LogP contribution in [0.25, 0.3) is 0 Å². The molecule has 1 aliphatic rings. The average molecular weight is 340 g/mol. The van der Waals surface area contributed by atoms with E-state index < -0.39 is 0 Å². The topological polar surface area (TPSA) is 57.7 Å². The Bertz CT molecular complexity index is 700. The number of pyridine rings is 1. The van der Waals surface area contributed by atoms with Crippen LogP contribution in [-0.4, -0.2) is 49.2 Å². The smallest absolute Gasteiger partial charge is 0.317 e. The number of para-hydroxylation sites is 2. The Balaban J connectivity index is 1.56. The molecule has 0 spiro atoms. The molecule has 1 saturated heterocycles. The summed E-state index contributed by atoms with van der Waals surface area (Å²) in [5.41, 5.74) is 2.13. The van der Waals surface area contributed by atoms with Crippen LogP contribution in [0.1, 0.15) is 18.5 Å². The molecule has 1 atom stereocenters. The van der Waals surface area contributed by atoms with Gasteiger partial charge in [0.05, 0.1) is 18.8 Å². The van der Waals surface area contributed by atoms with Crippen molar-refractivity contribution < 1.29 is 9.53 Å². The number of hydrogen-bond donors (Lipinski definition) is 1. The molecular formula is C19H24N4O2. The molecule has 0 saturated carbocycles. The summed E-state index contributed by atoms with van der Waals surface area (Å²) in [5.74, 6) is 0.867. The number of benzene rings is 1. The van der Waals surface area contributed by atoms with Gasteiger partial charge in [0.2, 0.25) is 0 Å². The first-order valence-electron chi connectivity index (χ1n) is 8.52. The molecule has 0 bridgehead atoms. The molecule has 6 nitrogen and oxygen atoms in total. The van der Waals surface area contributed by atoms with Gasteiger partial charge in [-0.15, -0.1) is 0 Å². The highest BCUT2D eigenvalue weighted by atomic mass is 16.5. The van der Waals surface area contributed by atoms with E-state index in [4.69, 9.17) is 4.74 Å². The zero-order valence-electron chi connectivity index (χ0n) is 14.7. The van der Waals surface area contributed by atoms with Gasteiger partial charge in [0.25, 0.3) is 0 Å². The van der Waals surface area contributed by atoms with Crippen LogP contribution in [0.3, 0.4) is 0 Å². The van der Waals surface area contributed by atoms with Crippen LogP contribution < -0.4 is 15.0 Å². The van der Waals surface area contributed by atoms with Gasteiger partial charge in [0.15, 0.2) is 0 Å². The summed E-state index contributed by atoms with van der Waals surface area (Å²) in [6.07, 6.45) is 3.48. The summed E-state index contributed by atoms with van der Waals surface area (Å²) in [6, 6.07) is 11.8. The highest BCUT2D eigenvalue weighted by molar-refractivity contribution is 5.75. The fourth-order valence-corrected chi connectivity index (χ4v) is 3.05. The second-order valence-corrected chi connectivity index (χ2v) is 6.10. The average Bonchev–Trinajstić information content (AvgIpc) is 2.68. The van der Waals surface area contributed by atoms with Crippen molar-refractivity contribution in [1.82, 2.24) is 15.2 Å². The molecule has 6 heteroatoms. The fraction of sp³-hybridized carbons (Fsp3) is 0.368. The summed E-state index contributed by atoms with van der Waals surface area (Å²) >= 11 is 0. The number of carbonyl (C=O) groups excluding carboxylic acids is 1. The Labute approximate surface area is 148 Å². The highest BCUT2D eigenvalue weighted by Gasteiger charge is 2.23. The monoisotopic (exact) mass is 340 g/mol. The molecule has 1 aliphatic heterocycles. The van der Waals surface area contributed by atoms with Gasteiger partial charge in [0, 0.05) is 38.6 Å². The van der Waals surface area contributed by atoms with Crippen molar-refractivity contribution in [1.29, 1.82) is 0 Å². The van der Waals surface area contributed by atoms with Crippen LogP contribution in [0.4, 0.5) is 10.5 Å². The van der Waals surface area contributed by atoms with Crippen LogP contribution in [0.2, 0.25) is 0 Å². The van der Waals surface area contributed by atoms with E-state index in [9.17, 15) is 4.79 Å². The van der Waals surface area contributed by atoms with Crippen LogP contribution in [0, 0.1) is 0 Å². The molecule has 25 heavy (non-hydrogen) atoms. The molecule has 1 unspecified atom stereocenters. The molecule has 1 aromatic carbocycles. The van der Waals surface area contributed by atoms with Crippen LogP contribution in [0.5, 0.6) is 5.75 Å². The van der Waals surface area contributed by atoms with E-state index in [2.05, 4.69) is 21.3 Å². The molecule has 2 aromatic rings. The SMILES string of the molecule is COc1ccccc1N1CCN(C(=O)NC(C)c2ccncc2)CC1. The number of piperazine rings is 1. The van der Waals surface area contributed by atoms with E-state index in [1.54, 1.807) is 19.5 Å². The summed E-state index contributed by atoms with van der Waals surface area (Å²) in [6.45, 7) is 4.94. The van der Waals surface area contributed by atoms with E-state index in [0.29, 0.717) is 13.1 Å². The first-order valence-corrected chi connectivity index (χ1v) is 8.52. The largest absolute Gasteiger partial charge is 0.495 e. The second kappa shape index (κ2) is 7.88. The maximum atomic E-state index is 12.5. The number of urea groups is 1. The third kappa shape index (κ3) is 4.02. The summed E-state index contributed by atoms with van der Waals surface area (Å²) in [7, 11) is 1.68. The fourth-order valence-electron chi connectivity index (χ4n) is 3.05. The van der Waals surface area contributed by atoms with Crippen LogP contribution in [0.15, 0.2) is 48.8 Å². The predicted octanol–water partition coefficient (Wildman–Crippen LogP) is 2.68. The van der Waals surface area contributed by atoms with E-state index in [-0.39, 0.29) is 12.1 Å². The number of ether oxygens (including phenoxy) is 1. The van der Waals surface area contributed by atoms with E-state index in [0.717, 1.165) is 30.1 Å². The highest BCUT2D eigenvalue weighted by Crippen LogP contribution is 2.28. The van der Waals surface area contributed by atoms with Crippen molar-refractivity contribution >= 4 is 11.7 Å². The van der Waals surface area contributed by atoms with Gasteiger partial charge < -0.3 is 19.9 Å². The molecule has 1 fully saturated rings. The van der Waals surface area contributed by atoms with Gasteiger partial charge >= 0.3 is 6.03 Å². The quantitative estimate of drug-likeness (QED) is 0.930. The predicted molar refractivity (Wildman–Crippen MR) is 98.0 cm³/mol. The summed E-state index contributed by atoms with van der Waals surface area (Å²) < 4.78 is 5.43. The number of aromatic nitrogens is 1. The van der Waals surface area contributed by atoms with Gasteiger partial charge in [0.1, 0.15) is 5.75 Å². The Kier molecular flexibility index (Phi) is 5.38. The Morgan fingerprint density at radius 1 is 1.12 bits per heavy atom. The molecule has 1 N–H and O–H groups in total. The number of amides is 2. The van der Waals surface area contributed by atoms with Crippen LogP contribution >= 0.6 is 0 Å². The standard InChI is InChI=1S/C19H24N4O2/c1-15(16-7-9-20-10-8-16)21-19(24)23-13-11-22(12-14-23)17-5-3-4-6-18(17)25-2/h3-10,15H,11-14H2,1-2H3,(H,21,24). The number of nitrogens with zero attached hydrogens (tertiary/aromatic N) is 3. The lowest BCUT2D eigenvalue weighted by Crippen LogP contribution is -2.52. The molecule has 0 aliphatic carbocycles.